The highest BCUT2D eigenvalue weighted by Gasteiger charge is 2.65. The number of halogens is 3. The van der Waals surface area contributed by atoms with E-state index in [9.17, 15) is 32.3 Å². The van der Waals surface area contributed by atoms with Crippen molar-refractivity contribution in [1.82, 2.24) is 15.1 Å². The molecule has 40 heavy (non-hydrogen) atoms. The molecule has 3 aliphatic heterocycles. The smallest absolute Gasteiger partial charge is 0.423 e. The van der Waals surface area contributed by atoms with E-state index in [1.165, 1.54) is 58.1 Å². The van der Waals surface area contributed by atoms with Gasteiger partial charge in [0.2, 0.25) is 5.91 Å². The highest BCUT2D eigenvalue weighted by atomic mass is 19.4. The fourth-order valence-corrected chi connectivity index (χ4v) is 5.23. The minimum Gasteiger partial charge on any atom is -0.423 e. The molecule has 206 valence electrons. The third-order valence-electron chi connectivity index (χ3n) is 7.47. The number of fused-ring (bicyclic) bond motifs is 1. The average molecular weight is 554 g/mol. The van der Waals surface area contributed by atoms with Gasteiger partial charge in [-0.05, 0) is 29.8 Å². The molecule has 2 aromatic carbocycles. The van der Waals surface area contributed by atoms with E-state index in [0.717, 1.165) is 0 Å². The number of alkyl halides is 3. The predicted octanol–water partition coefficient (Wildman–Crippen LogP) is 2.74. The average Bonchev–Trinajstić information content (AvgIpc) is 3.72. The van der Waals surface area contributed by atoms with Crippen molar-refractivity contribution in [1.29, 1.82) is 0 Å². The molecule has 3 aromatic rings. The van der Waals surface area contributed by atoms with Crippen molar-refractivity contribution in [3.05, 3.63) is 76.1 Å². The molecule has 2 fully saturated rings. The van der Waals surface area contributed by atoms with Crippen LogP contribution >= 0.6 is 0 Å². The molecule has 3 aliphatic rings. The number of piperazine rings is 1. The zero-order chi connectivity index (χ0) is 28.4. The Hall–Kier alpha value is -4.75. The lowest BCUT2D eigenvalue weighted by Gasteiger charge is -2.57. The number of nitrogens with one attached hydrogen (secondary N) is 1. The molecule has 0 atom stereocenters. The summed E-state index contributed by atoms with van der Waals surface area (Å²) in [6.07, 6.45) is -4.67. The van der Waals surface area contributed by atoms with Gasteiger partial charge in [-0.25, -0.2) is 9.59 Å². The molecule has 0 bridgehead atoms. The van der Waals surface area contributed by atoms with Crippen LogP contribution in [0.2, 0.25) is 0 Å². The lowest BCUT2D eigenvalue weighted by molar-refractivity contribution is -0.166. The van der Waals surface area contributed by atoms with E-state index in [0.29, 0.717) is 22.2 Å². The number of carbonyl (C=O) groups is 3. The summed E-state index contributed by atoms with van der Waals surface area (Å²) in [5.41, 5.74) is -3.38. The minimum atomic E-state index is -4.67. The van der Waals surface area contributed by atoms with Gasteiger partial charge >= 0.3 is 23.5 Å². The second-order valence-electron chi connectivity index (χ2n) is 9.86. The normalized spacial score (nSPS) is 19.2. The summed E-state index contributed by atoms with van der Waals surface area (Å²) >= 11 is 0. The number of rotatable bonds is 4. The SMILES string of the molecule is CNC(=O)N1CC2(C1)C(=O)N(c1ccc3oc(=O)ccc3c1)CC(=O)N2Cc1ccc(C2(C(F)(F)F)N=N2)cc1. The zero-order valence-corrected chi connectivity index (χ0v) is 20.9. The monoisotopic (exact) mass is 554 g/mol. The van der Waals surface area contributed by atoms with Gasteiger partial charge < -0.3 is 24.4 Å². The number of hydrogen-bond acceptors (Lipinski definition) is 7. The third-order valence-corrected chi connectivity index (χ3v) is 7.47. The number of carbonyl (C=O) groups excluding carboxylic acids is 3. The van der Waals surface area contributed by atoms with Crippen LogP contribution in [0, 0.1) is 0 Å². The largest absolute Gasteiger partial charge is 0.442 e. The summed E-state index contributed by atoms with van der Waals surface area (Å²) in [6.45, 7) is -0.487. The Morgan fingerprint density at radius 1 is 1.02 bits per heavy atom. The number of nitrogens with zero attached hydrogens (tertiary/aromatic N) is 5. The summed E-state index contributed by atoms with van der Waals surface area (Å²) in [4.78, 5) is 55.4. The van der Waals surface area contributed by atoms with E-state index in [4.69, 9.17) is 4.42 Å². The number of likely N-dealkylation sites (tertiary alicyclic amines) is 1. The fourth-order valence-electron chi connectivity index (χ4n) is 5.23. The Morgan fingerprint density at radius 3 is 2.35 bits per heavy atom. The molecule has 0 radical (unpaired) electrons. The first-order valence-electron chi connectivity index (χ1n) is 12.2. The molecule has 0 saturated carbocycles. The molecular weight excluding hydrogens is 533 g/mol. The molecule has 1 spiro atoms. The van der Waals surface area contributed by atoms with Gasteiger partial charge in [-0.15, -0.1) is 10.2 Å². The van der Waals surface area contributed by atoms with Crippen molar-refractivity contribution in [3.63, 3.8) is 0 Å². The second-order valence-corrected chi connectivity index (χ2v) is 9.86. The molecule has 2 saturated heterocycles. The van der Waals surface area contributed by atoms with Gasteiger partial charge in [-0.1, -0.05) is 24.3 Å². The van der Waals surface area contributed by atoms with Crippen LogP contribution in [0.25, 0.3) is 11.0 Å². The molecule has 4 amide bonds. The molecular formula is C26H21F3N6O5. The second kappa shape index (κ2) is 8.63. The van der Waals surface area contributed by atoms with Crippen molar-refractivity contribution in [2.75, 3.05) is 31.6 Å². The first-order chi connectivity index (χ1) is 19.0. The van der Waals surface area contributed by atoms with E-state index in [1.807, 2.05) is 0 Å². The number of hydrogen-bond donors (Lipinski definition) is 1. The van der Waals surface area contributed by atoms with Crippen molar-refractivity contribution >= 4 is 34.5 Å². The molecule has 6 rings (SSSR count). The molecule has 4 heterocycles. The molecule has 1 aromatic heterocycles. The lowest BCUT2D eigenvalue weighted by atomic mass is 9.83. The summed E-state index contributed by atoms with van der Waals surface area (Å²) in [6, 6.07) is 12.5. The highest BCUT2D eigenvalue weighted by molar-refractivity contribution is 6.11. The Labute approximate surface area is 223 Å². The maximum Gasteiger partial charge on any atom is 0.442 e. The summed E-state index contributed by atoms with van der Waals surface area (Å²) in [5, 5.41) is 9.46. The first kappa shape index (κ1) is 25.5. The van der Waals surface area contributed by atoms with E-state index in [-0.39, 0.29) is 31.7 Å². The summed E-state index contributed by atoms with van der Waals surface area (Å²) in [7, 11) is 1.45. The predicted molar refractivity (Wildman–Crippen MR) is 133 cm³/mol. The van der Waals surface area contributed by atoms with Crippen LogP contribution in [0.5, 0.6) is 0 Å². The van der Waals surface area contributed by atoms with Crippen LogP contribution in [0.1, 0.15) is 11.1 Å². The van der Waals surface area contributed by atoms with Gasteiger partial charge in [0.1, 0.15) is 12.1 Å². The standard InChI is InChI=1S/C26H21F3N6O5/c1-30-23(39)33-13-24(14-33)22(38)34(18-7-8-19-16(10-18)4-9-21(37)40-19)12-20(36)35(24)11-15-2-5-17(6-3-15)25(31-32-25)26(27,28)29/h2-10H,11-14H2,1H3,(H,30,39). The van der Waals surface area contributed by atoms with Crippen LogP contribution in [-0.4, -0.2) is 66.0 Å². The van der Waals surface area contributed by atoms with Crippen LogP contribution in [0.4, 0.5) is 23.7 Å². The van der Waals surface area contributed by atoms with Crippen LogP contribution < -0.4 is 15.8 Å². The molecule has 0 unspecified atom stereocenters. The molecule has 11 nitrogen and oxygen atoms in total. The third kappa shape index (κ3) is 3.81. The van der Waals surface area contributed by atoms with E-state index in [2.05, 4.69) is 15.5 Å². The maximum absolute atomic E-state index is 14.0. The topological polar surface area (TPSA) is 128 Å². The number of anilines is 1. The van der Waals surface area contributed by atoms with Crippen molar-refractivity contribution in [2.45, 2.75) is 23.9 Å². The minimum absolute atomic E-state index is 0.0591. The highest BCUT2D eigenvalue weighted by Crippen LogP contribution is 2.52. The van der Waals surface area contributed by atoms with Gasteiger partial charge in [-0.3, -0.25) is 9.59 Å². The number of amides is 4. The van der Waals surface area contributed by atoms with Gasteiger partial charge in [0.05, 0.1) is 13.1 Å². The molecule has 1 N–H and O–H groups in total. The molecule has 0 aliphatic carbocycles. The van der Waals surface area contributed by atoms with Gasteiger partial charge in [-0.2, -0.15) is 13.2 Å². The zero-order valence-electron chi connectivity index (χ0n) is 20.9. The van der Waals surface area contributed by atoms with E-state index in [1.54, 1.807) is 18.2 Å². The Kier molecular flexibility index (Phi) is 5.51. The van der Waals surface area contributed by atoms with Crippen LogP contribution in [-0.2, 0) is 21.8 Å². The quantitative estimate of drug-likeness (QED) is 0.496. The van der Waals surface area contributed by atoms with Gasteiger partial charge in [0.25, 0.3) is 5.91 Å². The first-order valence-corrected chi connectivity index (χ1v) is 12.2. The lowest BCUT2D eigenvalue weighted by Crippen LogP contribution is -2.81. The Balaban J connectivity index is 1.30. The summed E-state index contributed by atoms with van der Waals surface area (Å²) < 4.78 is 45.3. The Morgan fingerprint density at radius 2 is 1.73 bits per heavy atom. The Bertz CT molecular complexity index is 1640. The van der Waals surface area contributed by atoms with Gasteiger partial charge in [0, 0.05) is 36.3 Å². The van der Waals surface area contributed by atoms with E-state index < -0.39 is 40.8 Å². The van der Waals surface area contributed by atoms with Crippen molar-refractivity contribution in [2.24, 2.45) is 10.2 Å². The number of urea groups is 1. The fraction of sp³-hybridized carbons (Fsp3) is 0.308. The van der Waals surface area contributed by atoms with E-state index >= 15 is 0 Å². The number of benzene rings is 2. The maximum atomic E-state index is 14.0. The van der Waals surface area contributed by atoms with Crippen LogP contribution in [0.15, 0.2) is 74.0 Å². The van der Waals surface area contributed by atoms with Crippen LogP contribution in [0.3, 0.4) is 0 Å². The van der Waals surface area contributed by atoms with Crippen molar-refractivity contribution in [3.8, 4) is 0 Å². The van der Waals surface area contributed by atoms with Crippen molar-refractivity contribution < 1.29 is 32.0 Å². The molecule has 14 heteroatoms. The van der Waals surface area contributed by atoms with Gasteiger partial charge in [0.15, 0.2) is 5.54 Å². The summed E-state index contributed by atoms with van der Waals surface area (Å²) in [5.74, 6) is -0.814.